The third-order valence-electron chi connectivity index (χ3n) is 1.72. The number of methoxy groups -OCH3 is 2. The molecule has 0 aliphatic heterocycles. The van der Waals surface area contributed by atoms with Crippen LogP contribution in [-0.2, 0) is 14.3 Å². The molecule has 0 unspecified atom stereocenters. The molecule has 0 radical (unpaired) electrons. The van der Waals surface area contributed by atoms with Gasteiger partial charge in [0.05, 0.1) is 14.2 Å². The molecule has 0 spiro atoms. The summed E-state index contributed by atoms with van der Waals surface area (Å²) in [5, 5.41) is 2.37. The summed E-state index contributed by atoms with van der Waals surface area (Å²) < 4.78 is 9.19. The van der Waals surface area contributed by atoms with Gasteiger partial charge in [-0.1, -0.05) is 0 Å². The van der Waals surface area contributed by atoms with E-state index in [4.69, 9.17) is 4.74 Å². The lowest BCUT2D eigenvalue weighted by atomic mass is 10.3. The maximum Gasteiger partial charge on any atom is 0.396 e. The highest BCUT2D eigenvalue weighted by molar-refractivity contribution is 6.37. The summed E-state index contributed by atoms with van der Waals surface area (Å²) in [5.41, 5.74) is 0.506. The lowest BCUT2D eigenvalue weighted by Gasteiger charge is -2.04. The smallest absolute Gasteiger partial charge is 0.396 e. The number of hydrogen-bond acceptors (Lipinski definition) is 4. The molecule has 0 heterocycles. The Kier molecular flexibility index (Phi) is 3.68. The van der Waals surface area contributed by atoms with Gasteiger partial charge in [0.15, 0.2) is 0 Å². The summed E-state index contributed by atoms with van der Waals surface area (Å²) in [6.07, 6.45) is 0. The van der Waals surface area contributed by atoms with Crippen LogP contribution in [0.25, 0.3) is 0 Å². The van der Waals surface area contributed by atoms with Crippen LogP contribution in [0.5, 0.6) is 5.75 Å². The van der Waals surface area contributed by atoms with Crippen LogP contribution in [0.2, 0.25) is 0 Å². The van der Waals surface area contributed by atoms with Gasteiger partial charge < -0.3 is 14.8 Å². The third-order valence-corrected chi connectivity index (χ3v) is 1.72. The predicted octanol–water partition coefficient (Wildman–Crippen LogP) is 0.807. The highest BCUT2D eigenvalue weighted by atomic mass is 16.5. The van der Waals surface area contributed by atoms with E-state index in [-0.39, 0.29) is 0 Å². The van der Waals surface area contributed by atoms with Crippen LogP contribution < -0.4 is 10.1 Å². The van der Waals surface area contributed by atoms with Gasteiger partial charge in [0.1, 0.15) is 5.75 Å². The van der Waals surface area contributed by atoms with Crippen LogP contribution in [0.15, 0.2) is 24.3 Å². The second kappa shape index (κ2) is 4.99. The highest BCUT2D eigenvalue weighted by Crippen LogP contribution is 2.14. The summed E-state index contributed by atoms with van der Waals surface area (Å²) >= 11 is 0. The summed E-state index contributed by atoms with van der Waals surface area (Å²) in [4.78, 5) is 21.9. The van der Waals surface area contributed by atoms with Crippen molar-refractivity contribution in [3.05, 3.63) is 24.3 Å². The average molecular weight is 209 g/mol. The van der Waals surface area contributed by atoms with E-state index in [0.29, 0.717) is 11.4 Å². The van der Waals surface area contributed by atoms with Gasteiger partial charge in [0.25, 0.3) is 0 Å². The van der Waals surface area contributed by atoms with E-state index in [1.165, 1.54) is 0 Å². The molecule has 1 N–H and O–H groups in total. The first-order valence-electron chi connectivity index (χ1n) is 4.20. The maximum atomic E-state index is 11.1. The van der Waals surface area contributed by atoms with Gasteiger partial charge in [-0.3, -0.25) is 4.79 Å². The SMILES string of the molecule is COC(=O)C(=O)Nc1ccc(OC)cc1. The summed E-state index contributed by atoms with van der Waals surface area (Å²) in [6, 6.07) is 6.60. The Morgan fingerprint density at radius 3 is 2.20 bits per heavy atom. The zero-order chi connectivity index (χ0) is 11.3. The molecule has 1 aromatic rings. The van der Waals surface area contributed by atoms with E-state index in [1.54, 1.807) is 31.4 Å². The molecule has 1 amide bonds. The lowest BCUT2D eigenvalue weighted by Crippen LogP contribution is -2.23. The van der Waals surface area contributed by atoms with Crippen LogP contribution in [0.4, 0.5) is 5.69 Å². The lowest BCUT2D eigenvalue weighted by molar-refractivity contribution is -0.150. The molecule has 5 nitrogen and oxygen atoms in total. The molecule has 0 saturated carbocycles. The Bertz CT molecular complexity index is 358. The van der Waals surface area contributed by atoms with Crippen LogP contribution in [0.1, 0.15) is 0 Å². The van der Waals surface area contributed by atoms with Gasteiger partial charge in [-0.05, 0) is 24.3 Å². The first kappa shape index (κ1) is 11.0. The molecule has 1 aromatic carbocycles. The second-order valence-corrected chi connectivity index (χ2v) is 2.67. The van der Waals surface area contributed by atoms with Crippen LogP contribution >= 0.6 is 0 Å². The van der Waals surface area contributed by atoms with E-state index in [9.17, 15) is 9.59 Å². The number of carbonyl (C=O) groups is 2. The Balaban J connectivity index is 2.65. The summed E-state index contributed by atoms with van der Waals surface area (Å²) in [5.74, 6) is -1.06. The van der Waals surface area contributed by atoms with Crippen LogP contribution in [0.3, 0.4) is 0 Å². The number of anilines is 1. The van der Waals surface area contributed by atoms with Crippen LogP contribution in [0, 0.1) is 0 Å². The van der Waals surface area contributed by atoms with Crippen LogP contribution in [-0.4, -0.2) is 26.1 Å². The van der Waals surface area contributed by atoms with Gasteiger partial charge in [-0.25, -0.2) is 4.79 Å². The molecule has 80 valence electrons. The molecule has 0 bridgehead atoms. The topological polar surface area (TPSA) is 64.6 Å². The second-order valence-electron chi connectivity index (χ2n) is 2.67. The third kappa shape index (κ3) is 2.98. The minimum absolute atomic E-state index is 0.506. The fraction of sp³-hybridized carbons (Fsp3) is 0.200. The highest BCUT2D eigenvalue weighted by Gasteiger charge is 2.13. The first-order valence-corrected chi connectivity index (χ1v) is 4.20. The quantitative estimate of drug-likeness (QED) is 0.578. The number of amides is 1. The minimum atomic E-state index is -0.925. The molecule has 0 fully saturated rings. The molecule has 0 aliphatic carbocycles. The van der Waals surface area contributed by atoms with E-state index in [0.717, 1.165) is 7.11 Å². The molecular formula is C10H11NO4. The van der Waals surface area contributed by atoms with E-state index in [1.807, 2.05) is 0 Å². The molecule has 0 aromatic heterocycles. The Hall–Kier alpha value is -2.04. The summed E-state index contributed by atoms with van der Waals surface area (Å²) in [6.45, 7) is 0. The van der Waals surface area contributed by atoms with Crippen molar-refractivity contribution in [1.29, 1.82) is 0 Å². The number of carbonyl (C=O) groups excluding carboxylic acids is 2. The van der Waals surface area contributed by atoms with Gasteiger partial charge in [0, 0.05) is 5.69 Å². The standard InChI is InChI=1S/C10H11NO4/c1-14-8-5-3-7(4-6-8)11-9(12)10(13)15-2/h3-6H,1-2H3,(H,11,12). The van der Waals surface area contributed by atoms with Crippen molar-refractivity contribution in [3.8, 4) is 5.75 Å². The Labute approximate surface area is 87.0 Å². The van der Waals surface area contributed by atoms with Crippen molar-refractivity contribution in [3.63, 3.8) is 0 Å². The Morgan fingerprint density at radius 2 is 1.73 bits per heavy atom. The van der Waals surface area contributed by atoms with Crippen molar-refractivity contribution >= 4 is 17.6 Å². The van der Waals surface area contributed by atoms with Crippen molar-refractivity contribution in [2.45, 2.75) is 0 Å². The van der Waals surface area contributed by atoms with Gasteiger partial charge in [-0.2, -0.15) is 0 Å². The number of nitrogens with one attached hydrogen (secondary N) is 1. The van der Waals surface area contributed by atoms with Crippen molar-refractivity contribution in [2.75, 3.05) is 19.5 Å². The van der Waals surface area contributed by atoms with Gasteiger partial charge >= 0.3 is 11.9 Å². The zero-order valence-corrected chi connectivity index (χ0v) is 8.44. The minimum Gasteiger partial charge on any atom is -0.497 e. The average Bonchev–Trinajstić information content (AvgIpc) is 2.29. The molecule has 5 heteroatoms. The molecular weight excluding hydrogens is 198 g/mol. The molecule has 0 atom stereocenters. The predicted molar refractivity (Wildman–Crippen MR) is 53.6 cm³/mol. The normalized spacial score (nSPS) is 9.20. The van der Waals surface area contributed by atoms with Gasteiger partial charge in [0.2, 0.25) is 0 Å². The van der Waals surface area contributed by atoms with Crippen molar-refractivity contribution in [2.24, 2.45) is 0 Å². The number of ether oxygens (including phenoxy) is 2. The number of hydrogen-bond donors (Lipinski definition) is 1. The monoisotopic (exact) mass is 209 g/mol. The summed E-state index contributed by atoms with van der Waals surface area (Å²) in [7, 11) is 2.69. The van der Waals surface area contributed by atoms with E-state index < -0.39 is 11.9 Å². The Morgan fingerprint density at radius 1 is 1.13 bits per heavy atom. The van der Waals surface area contributed by atoms with Gasteiger partial charge in [-0.15, -0.1) is 0 Å². The first-order chi connectivity index (χ1) is 7.17. The molecule has 0 aliphatic rings. The fourth-order valence-electron chi connectivity index (χ4n) is 0.949. The van der Waals surface area contributed by atoms with E-state index >= 15 is 0 Å². The van der Waals surface area contributed by atoms with Crippen molar-refractivity contribution in [1.82, 2.24) is 0 Å². The molecule has 15 heavy (non-hydrogen) atoms. The van der Waals surface area contributed by atoms with Crippen molar-refractivity contribution < 1.29 is 19.1 Å². The number of esters is 1. The zero-order valence-electron chi connectivity index (χ0n) is 8.44. The van der Waals surface area contributed by atoms with E-state index in [2.05, 4.69) is 10.1 Å². The molecule has 0 saturated heterocycles. The fourth-order valence-corrected chi connectivity index (χ4v) is 0.949. The largest absolute Gasteiger partial charge is 0.497 e. The number of rotatable bonds is 2. The maximum absolute atomic E-state index is 11.1. The molecule has 1 rings (SSSR count). The number of benzene rings is 1.